The summed E-state index contributed by atoms with van der Waals surface area (Å²) in [6.07, 6.45) is 0.787. The van der Waals surface area contributed by atoms with E-state index in [4.69, 9.17) is 18.6 Å². The number of rotatable bonds is 11. The standard InChI is InChI=1S/C29H29NO6/c1-20-26(30-27(35-20)22-8-5-4-6-9-22)16-17-34-23-14-12-21(13-15-23)19-29(2,28(31)32)36-25-11-7-10-24(18-25)33-3/h4-15,18H,16-17,19H2,1-3H3,(H,31,32). The van der Waals surface area contributed by atoms with Crippen LogP contribution < -0.4 is 14.2 Å². The lowest BCUT2D eigenvalue weighted by Gasteiger charge is -2.26. The van der Waals surface area contributed by atoms with Crippen LogP contribution in [0.15, 0.2) is 83.3 Å². The van der Waals surface area contributed by atoms with Gasteiger partial charge in [-0.05, 0) is 55.8 Å². The van der Waals surface area contributed by atoms with Crippen molar-refractivity contribution in [3.63, 3.8) is 0 Å². The van der Waals surface area contributed by atoms with E-state index in [0.29, 0.717) is 36.2 Å². The van der Waals surface area contributed by atoms with Gasteiger partial charge in [0.05, 0.1) is 19.4 Å². The molecule has 36 heavy (non-hydrogen) atoms. The van der Waals surface area contributed by atoms with Crippen LogP contribution in [0.2, 0.25) is 0 Å². The molecule has 0 bridgehead atoms. The molecule has 7 heteroatoms. The number of aliphatic carboxylic acids is 1. The summed E-state index contributed by atoms with van der Waals surface area (Å²) in [5.41, 5.74) is 1.16. The largest absolute Gasteiger partial charge is 0.497 e. The molecular weight excluding hydrogens is 458 g/mol. The van der Waals surface area contributed by atoms with Crippen LogP contribution in [0.3, 0.4) is 0 Å². The zero-order valence-corrected chi connectivity index (χ0v) is 20.6. The molecule has 1 unspecified atom stereocenters. The first kappa shape index (κ1) is 24.9. The Labute approximate surface area is 210 Å². The molecule has 7 nitrogen and oxygen atoms in total. The molecule has 0 aliphatic heterocycles. The van der Waals surface area contributed by atoms with Gasteiger partial charge in [-0.1, -0.05) is 36.4 Å². The van der Waals surface area contributed by atoms with Crippen molar-refractivity contribution in [2.24, 2.45) is 0 Å². The molecule has 0 radical (unpaired) electrons. The molecule has 0 fully saturated rings. The van der Waals surface area contributed by atoms with Crippen LogP contribution in [0.1, 0.15) is 23.9 Å². The molecule has 1 aromatic heterocycles. The Morgan fingerprint density at radius 3 is 2.39 bits per heavy atom. The molecule has 186 valence electrons. The van der Waals surface area contributed by atoms with Gasteiger partial charge in [-0.15, -0.1) is 0 Å². The maximum Gasteiger partial charge on any atom is 0.348 e. The first-order valence-corrected chi connectivity index (χ1v) is 11.7. The number of aryl methyl sites for hydroxylation is 1. The minimum atomic E-state index is -1.45. The van der Waals surface area contributed by atoms with Crippen molar-refractivity contribution in [3.8, 4) is 28.7 Å². The fraction of sp³-hybridized carbons (Fsp3) is 0.241. The predicted octanol–water partition coefficient (Wildman–Crippen LogP) is 5.74. The van der Waals surface area contributed by atoms with Crippen LogP contribution in [0.25, 0.3) is 11.5 Å². The van der Waals surface area contributed by atoms with Crippen LogP contribution in [-0.2, 0) is 17.6 Å². The Balaban J connectivity index is 1.35. The monoisotopic (exact) mass is 487 g/mol. The number of hydrogen-bond donors (Lipinski definition) is 1. The number of ether oxygens (including phenoxy) is 3. The Bertz CT molecular complexity index is 1300. The highest BCUT2D eigenvalue weighted by Crippen LogP contribution is 2.27. The third kappa shape index (κ3) is 6.05. The first-order valence-electron chi connectivity index (χ1n) is 11.7. The Morgan fingerprint density at radius 1 is 0.972 bits per heavy atom. The summed E-state index contributed by atoms with van der Waals surface area (Å²) < 4.78 is 22.8. The van der Waals surface area contributed by atoms with E-state index in [2.05, 4.69) is 4.98 Å². The summed E-state index contributed by atoms with van der Waals surface area (Å²) in [6.45, 7) is 3.90. The van der Waals surface area contributed by atoms with E-state index in [-0.39, 0.29) is 6.42 Å². The second-order valence-electron chi connectivity index (χ2n) is 8.62. The van der Waals surface area contributed by atoms with Gasteiger partial charge in [0.15, 0.2) is 0 Å². The van der Waals surface area contributed by atoms with Crippen LogP contribution in [0.4, 0.5) is 0 Å². The zero-order chi connectivity index (χ0) is 25.5. The number of hydrogen-bond acceptors (Lipinski definition) is 6. The van der Waals surface area contributed by atoms with Crippen molar-refractivity contribution in [2.75, 3.05) is 13.7 Å². The topological polar surface area (TPSA) is 91.0 Å². The Kier molecular flexibility index (Phi) is 7.59. The van der Waals surface area contributed by atoms with E-state index in [1.165, 1.54) is 0 Å². The lowest BCUT2D eigenvalue weighted by molar-refractivity contribution is -0.153. The van der Waals surface area contributed by atoms with Gasteiger partial charge in [-0.25, -0.2) is 9.78 Å². The van der Waals surface area contributed by atoms with Gasteiger partial charge < -0.3 is 23.7 Å². The second-order valence-corrected chi connectivity index (χ2v) is 8.62. The molecule has 3 aromatic carbocycles. The summed E-state index contributed by atoms with van der Waals surface area (Å²) in [7, 11) is 1.55. The molecule has 0 aliphatic rings. The molecule has 4 rings (SSSR count). The molecular formula is C29H29NO6. The van der Waals surface area contributed by atoms with Gasteiger partial charge >= 0.3 is 5.97 Å². The highest BCUT2D eigenvalue weighted by molar-refractivity contribution is 5.78. The number of oxazole rings is 1. The summed E-state index contributed by atoms with van der Waals surface area (Å²) >= 11 is 0. The van der Waals surface area contributed by atoms with Crippen molar-refractivity contribution >= 4 is 5.97 Å². The molecule has 4 aromatic rings. The van der Waals surface area contributed by atoms with Crippen LogP contribution >= 0.6 is 0 Å². The number of aromatic nitrogens is 1. The van der Waals surface area contributed by atoms with Crippen LogP contribution in [0, 0.1) is 6.92 Å². The van der Waals surface area contributed by atoms with E-state index >= 15 is 0 Å². The molecule has 0 spiro atoms. The third-order valence-electron chi connectivity index (χ3n) is 5.82. The summed E-state index contributed by atoms with van der Waals surface area (Å²) in [5, 5.41) is 9.86. The van der Waals surface area contributed by atoms with Gasteiger partial charge in [0.1, 0.15) is 23.0 Å². The van der Waals surface area contributed by atoms with Gasteiger partial charge in [0.2, 0.25) is 11.5 Å². The van der Waals surface area contributed by atoms with E-state index in [0.717, 1.165) is 22.6 Å². The summed E-state index contributed by atoms with van der Waals surface area (Å²) in [6, 6.07) is 24.0. The van der Waals surface area contributed by atoms with Crippen molar-refractivity contribution in [2.45, 2.75) is 32.3 Å². The van der Waals surface area contributed by atoms with Crippen molar-refractivity contribution in [1.29, 1.82) is 0 Å². The fourth-order valence-corrected chi connectivity index (χ4v) is 3.80. The molecule has 1 N–H and O–H groups in total. The number of carboxylic acids is 1. The number of carboxylic acid groups (broad SMARTS) is 1. The number of carbonyl (C=O) groups is 1. The molecule has 1 heterocycles. The highest BCUT2D eigenvalue weighted by Gasteiger charge is 2.36. The van der Waals surface area contributed by atoms with E-state index in [1.807, 2.05) is 61.5 Å². The normalized spacial score (nSPS) is 12.5. The molecule has 0 aliphatic carbocycles. The maximum absolute atomic E-state index is 12.1. The van der Waals surface area contributed by atoms with Gasteiger partial charge in [0.25, 0.3) is 0 Å². The first-order chi connectivity index (χ1) is 17.4. The van der Waals surface area contributed by atoms with Crippen molar-refractivity contribution < 1.29 is 28.5 Å². The minimum absolute atomic E-state index is 0.181. The van der Waals surface area contributed by atoms with Crippen LogP contribution in [0.5, 0.6) is 17.2 Å². The Hall–Kier alpha value is -4.26. The van der Waals surface area contributed by atoms with Gasteiger partial charge in [-0.2, -0.15) is 0 Å². The number of benzene rings is 3. The zero-order valence-electron chi connectivity index (χ0n) is 20.6. The second kappa shape index (κ2) is 11.0. The third-order valence-corrected chi connectivity index (χ3v) is 5.82. The lowest BCUT2D eigenvalue weighted by Crippen LogP contribution is -2.43. The van der Waals surface area contributed by atoms with Crippen molar-refractivity contribution in [1.82, 2.24) is 4.98 Å². The van der Waals surface area contributed by atoms with E-state index < -0.39 is 11.6 Å². The minimum Gasteiger partial charge on any atom is -0.497 e. The molecule has 0 amide bonds. The van der Waals surface area contributed by atoms with E-state index in [1.54, 1.807) is 38.3 Å². The predicted molar refractivity (Wildman–Crippen MR) is 136 cm³/mol. The molecule has 0 saturated heterocycles. The quantitative estimate of drug-likeness (QED) is 0.288. The van der Waals surface area contributed by atoms with Crippen molar-refractivity contribution in [3.05, 3.63) is 95.9 Å². The average molecular weight is 488 g/mol. The number of nitrogens with zero attached hydrogens (tertiary/aromatic N) is 1. The molecule has 0 saturated carbocycles. The molecule has 1 atom stereocenters. The average Bonchev–Trinajstić information content (AvgIpc) is 3.26. The number of methoxy groups -OCH3 is 1. The maximum atomic E-state index is 12.1. The fourth-order valence-electron chi connectivity index (χ4n) is 3.80. The SMILES string of the molecule is COc1cccc(OC(C)(Cc2ccc(OCCc3nc(-c4ccccc4)oc3C)cc2)C(=O)O)c1. The van der Waals surface area contributed by atoms with Gasteiger partial charge in [-0.3, -0.25) is 0 Å². The van der Waals surface area contributed by atoms with Gasteiger partial charge in [0, 0.05) is 24.5 Å². The summed E-state index contributed by atoms with van der Waals surface area (Å²) in [4.78, 5) is 16.7. The lowest BCUT2D eigenvalue weighted by atomic mass is 9.96. The highest BCUT2D eigenvalue weighted by atomic mass is 16.5. The Morgan fingerprint density at radius 2 is 1.69 bits per heavy atom. The smallest absolute Gasteiger partial charge is 0.348 e. The van der Waals surface area contributed by atoms with Crippen LogP contribution in [-0.4, -0.2) is 35.4 Å². The summed E-state index contributed by atoms with van der Waals surface area (Å²) in [5.74, 6) is 2.04. The van der Waals surface area contributed by atoms with E-state index in [9.17, 15) is 9.90 Å².